The minimum Gasteiger partial charge on any atom is -0.338 e. The van der Waals surface area contributed by atoms with Gasteiger partial charge in [-0.3, -0.25) is 10.1 Å². The summed E-state index contributed by atoms with van der Waals surface area (Å²) in [6, 6.07) is 4.70. The van der Waals surface area contributed by atoms with E-state index in [1.807, 2.05) is 18.4 Å². The highest BCUT2D eigenvalue weighted by Crippen LogP contribution is 2.33. The molecule has 1 heterocycles. The summed E-state index contributed by atoms with van der Waals surface area (Å²) < 4.78 is 1.94. The number of rotatable bonds is 8. The Bertz CT molecular complexity index is 901. The van der Waals surface area contributed by atoms with Gasteiger partial charge in [0, 0.05) is 23.7 Å². The van der Waals surface area contributed by atoms with Crippen LogP contribution >= 0.6 is 35.0 Å². The monoisotopic (exact) mass is 471 g/mol. The number of hydrogen-bond donors (Lipinski definition) is 2. The van der Waals surface area contributed by atoms with Crippen LogP contribution in [0.4, 0.5) is 4.79 Å². The Morgan fingerprint density at radius 2 is 1.80 bits per heavy atom. The van der Waals surface area contributed by atoms with Crippen molar-refractivity contribution < 1.29 is 9.59 Å². The second-order valence-electron chi connectivity index (χ2n) is 7.79. The normalized spacial score (nSPS) is 12.3. The van der Waals surface area contributed by atoms with Crippen LogP contribution in [-0.2, 0) is 11.3 Å². The van der Waals surface area contributed by atoms with Gasteiger partial charge in [0.15, 0.2) is 11.0 Å². The zero-order chi connectivity index (χ0) is 22.4. The molecule has 1 atom stereocenters. The summed E-state index contributed by atoms with van der Waals surface area (Å²) in [6.07, 6.45) is 0. The van der Waals surface area contributed by atoms with Crippen LogP contribution in [0.3, 0.4) is 0 Å². The van der Waals surface area contributed by atoms with Gasteiger partial charge in [-0.05, 0) is 37.0 Å². The number of carbonyl (C=O) groups excluding carboxylic acids is 2. The van der Waals surface area contributed by atoms with Gasteiger partial charge in [-0.25, -0.2) is 4.79 Å². The van der Waals surface area contributed by atoms with Crippen molar-refractivity contribution in [3.8, 4) is 11.4 Å². The van der Waals surface area contributed by atoms with Crippen LogP contribution in [-0.4, -0.2) is 38.5 Å². The fourth-order valence-corrected chi connectivity index (χ4v) is 3.89. The molecule has 0 aliphatic carbocycles. The molecule has 2 N–H and O–H groups in total. The third-order valence-corrected chi connectivity index (χ3v) is 5.62. The van der Waals surface area contributed by atoms with Crippen molar-refractivity contribution in [3.63, 3.8) is 0 Å². The maximum Gasteiger partial charge on any atom is 0.321 e. The minimum absolute atomic E-state index is 0.297. The van der Waals surface area contributed by atoms with Crippen LogP contribution < -0.4 is 10.6 Å². The standard InChI is InChI=1S/C20H27Cl2N5O2S/c1-11(2)9-23-19(29)24-18(28)13(5)30-20-26-25-17(27(20)10-12(3)4)15-7-6-14(21)8-16(15)22/h6-8,11-13H,9-10H2,1-5H3,(H2,23,24,28,29). The number of nitrogens with zero attached hydrogens (tertiary/aromatic N) is 3. The van der Waals surface area contributed by atoms with Crippen LogP contribution in [0, 0.1) is 11.8 Å². The maximum atomic E-state index is 12.4. The van der Waals surface area contributed by atoms with Crippen LogP contribution in [0.2, 0.25) is 10.0 Å². The molecule has 0 saturated heterocycles. The first-order valence-electron chi connectivity index (χ1n) is 9.72. The molecule has 0 radical (unpaired) electrons. The topological polar surface area (TPSA) is 88.9 Å². The van der Waals surface area contributed by atoms with E-state index in [9.17, 15) is 9.59 Å². The number of halogens is 2. The maximum absolute atomic E-state index is 12.4. The van der Waals surface area contributed by atoms with E-state index in [1.165, 1.54) is 11.8 Å². The molecule has 164 valence electrons. The summed E-state index contributed by atoms with van der Waals surface area (Å²) in [4.78, 5) is 24.3. The van der Waals surface area contributed by atoms with Crippen molar-refractivity contribution in [3.05, 3.63) is 28.2 Å². The molecular formula is C20H27Cl2N5O2S. The molecule has 0 saturated carbocycles. The summed E-state index contributed by atoms with van der Waals surface area (Å²) in [5.74, 6) is 0.822. The number of thioether (sulfide) groups is 1. The van der Waals surface area contributed by atoms with Gasteiger partial charge in [0.25, 0.3) is 0 Å². The summed E-state index contributed by atoms with van der Waals surface area (Å²) in [5, 5.41) is 14.7. The van der Waals surface area contributed by atoms with E-state index >= 15 is 0 Å². The highest BCUT2D eigenvalue weighted by atomic mass is 35.5. The lowest BCUT2D eigenvalue weighted by Gasteiger charge is -2.15. The number of amides is 3. The number of hydrogen-bond acceptors (Lipinski definition) is 5. The summed E-state index contributed by atoms with van der Waals surface area (Å²) in [7, 11) is 0. The lowest BCUT2D eigenvalue weighted by molar-refractivity contribution is -0.119. The molecule has 2 rings (SSSR count). The van der Waals surface area contributed by atoms with Crippen LogP contribution in [0.5, 0.6) is 0 Å². The molecule has 0 spiro atoms. The molecule has 1 aromatic carbocycles. The fraction of sp³-hybridized carbons (Fsp3) is 0.500. The molecule has 0 aliphatic rings. The van der Waals surface area contributed by atoms with E-state index in [-0.39, 0.29) is 0 Å². The Morgan fingerprint density at radius 3 is 2.40 bits per heavy atom. The molecule has 7 nitrogen and oxygen atoms in total. The minimum atomic E-state index is -0.543. The Kier molecular flexibility index (Phi) is 9.00. The van der Waals surface area contributed by atoms with Crippen LogP contribution in [0.25, 0.3) is 11.4 Å². The average Bonchev–Trinajstić information content (AvgIpc) is 3.01. The Balaban J connectivity index is 2.19. The van der Waals surface area contributed by atoms with E-state index in [1.54, 1.807) is 25.1 Å². The first-order valence-corrected chi connectivity index (χ1v) is 11.4. The third-order valence-electron chi connectivity index (χ3n) is 4.00. The van der Waals surface area contributed by atoms with E-state index in [0.29, 0.717) is 51.5 Å². The number of benzene rings is 1. The second-order valence-corrected chi connectivity index (χ2v) is 9.94. The van der Waals surface area contributed by atoms with Gasteiger partial charge in [0.05, 0.1) is 10.3 Å². The predicted octanol–water partition coefficient (Wildman–Crippen LogP) is 4.87. The molecule has 0 aliphatic heterocycles. The average molecular weight is 472 g/mol. The number of urea groups is 1. The van der Waals surface area contributed by atoms with Gasteiger partial charge >= 0.3 is 6.03 Å². The van der Waals surface area contributed by atoms with Gasteiger partial charge in [-0.15, -0.1) is 10.2 Å². The Morgan fingerprint density at radius 1 is 1.10 bits per heavy atom. The Labute approximate surface area is 191 Å². The number of imide groups is 1. The second kappa shape index (κ2) is 11.0. The molecular weight excluding hydrogens is 445 g/mol. The smallest absolute Gasteiger partial charge is 0.321 e. The number of carbonyl (C=O) groups is 2. The lowest BCUT2D eigenvalue weighted by Crippen LogP contribution is -2.43. The van der Waals surface area contributed by atoms with Crippen molar-refractivity contribution >= 4 is 46.9 Å². The summed E-state index contributed by atoms with van der Waals surface area (Å²) >= 11 is 13.6. The molecule has 10 heteroatoms. The zero-order valence-electron chi connectivity index (χ0n) is 17.7. The highest BCUT2D eigenvalue weighted by molar-refractivity contribution is 8.00. The van der Waals surface area contributed by atoms with Crippen molar-refractivity contribution in [2.24, 2.45) is 11.8 Å². The van der Waals surface area contributed by atoms with Gasteiger partial charge in [0.1, 0.15) is 0 Å². The molecule has 3 amide bonds. The largest absolute Gasteiger partial charge is 0.338 e. The van der Waals surface area contributed by atoms with Crippen molar-refractivity contribution in [2.45, 2.75) is 51.6 Å². The number of nitrogens with one attached hydrogen (secondary N) is 2. The van der Waals surface area contributed by atoms with E-state index in [2.05, 4.69) is 34.7 Å². The first-order chi connectivity index (χ1) is 14.1. The van der Waals surface area contributed by atoms with E-state index in [4.69, 9.17) is 23.2 Å². The molecule has 30 heavy (non-hydrogen) atoms. The highest BCUT2D eigenvalue weighted by Gasteiger charge is 2.23. The van der Waals surface area contributed by atoms with Crippen LogP contribution in [0.1, 0.15) is 34.6 Å². The zero-order valence-corrected chi connectivity index (χ0v) is 20.0. The van der Waals surface area contributed by atoms with Gasteiger partial charge < -0.3 is 9.88 Å². The Hall–Kier alpha value is -1.77. The molecule has 0 bridgehead atoms. The summed E-state index contributed by atoms with van der Waals surface area (Å²) in [5.41, 5.74) is 0.714. The van der Waals surface area contributed by atoms with E-state index in [0.717, 1.165) is 0 Å². The predicted molar refractivity (Wildman–Crippen MR) is 122 cm³/mol. The molecule has 0 fully saturated rings. The van der Waals surface area contributed by atoms with Crippen molar-refractivity contribution in [1.29, 1.82) is 0 Å². The fourth-order valence-electron chi connectivity index (χ4n) is 2.54. The number of aromatic nitrogens is 3. The van der Waals surface area contributed by atoms with Gasteiger partial charge in [-0.1, -0.05) is 62.7 Å². The molecule has 1 aromatic heterocycles. The van der Waals surface area contributed by atoms with Crippen molar-refractivity contribution in [1.82, 2.24) is 25.4 Å². The van der Waals surface area contributed by atoms with Gasteiger partial charge in [-0.2, -0.15) is 0 Å². The third kappa shape index (κ3) is 6.89. The first kappa shape index (κ1) is 24.5. The van der Waals surface area contributed by atoms with Crippen molar-refractivity contribution in [2.75, 3.05) is 6.54 Å². The quantitative estimate of drug-likeness (QED) is 0.535. The SMILES string of the molecule is CC(C)CNC(=O)NC(=O)C(C)Sc1nnc(-c2ccc(Cl)cc2Cl)n1CC(C)C. The lowest BCUT2D eigenvalue weighted by atomic mass is 10.2. The van der Waals surface area contributed by atoms with Crippen LogP contribution in [0.15, 0.2) is 23.4 Å². The molecule has 2 aromatic rings. The molecule has 1 unspecified atom stereocenters. The van der Waals surface area contributed by atoms with E-state index < -0.39 is 17.2 Å². The van der Waals surface area contributed by atoms with Gasteiger partial charge in [0.2, 0.25) is 5.91 Å². The summed E-state index contributed by atoms with van der Waals surface area (Å²) in [6.45, 7) is 11.0.